The van der Waals surface area contributed by atoms with Crippen molar-refractivity contribution in [2.75, 3.05) is 11.1 Å². The number of amides is 1. The van der Waals surface area contributed by atoms with E-state index in [4.69, 9.17) is 9.47 Å². The maximum Gasteiger partial charge on any atom is 0.251 e. The number of thioether (sulfide) groups is 1. The van der Waals surface area contributed by atoms with Crippen LogP contribution >= 0.6 is 11.8 Å². The molecule has 1 aromatic heterocycles. The zero-order chi connectivity index (χ0) is 21.3. The molecule has 1 fully saturated rings. The van der Waals surface area contributed by atoms with Crippen molar-refractivity contribution in [2.24, 2.45) is 0 Å². The molecule has 1 amide bonds. The maximum absolute atomic E-state index is 13.5. The number of aromatic nitrogens is 4. The highest BCUT2D eigenvalue weighted by atomic mass is 32.2. The number of nitrogens with one attached hydrogen (secondary N) is 1. The van der Waals surface area contributed by atoms with Gasteiger partial charge in [0.05, 0.1) is 11.4 Å². The minimum absolute atomic E-state index is 0.0913. The second kappa shape index (κ2) is 8.18. The quantitative estimate of drug-likeness (QED) is 0.599. The Balaban J connectivity index is 1.21. The van der Waals surface area contributed by atoms with Crippen molar-refractivity contribution >= 4 is 23.4 Å². The number of carbonyl (C=O) groups is 1. The molecule has 0 radical (unpaired) electrons. The van der Waals surface area contributed by atoms with Gasteiger partial charge in [0, 0.05) is 24.6 Å². The summed E-state index contributed by atoms with van der Waals surface area (Å²) in [6, 6.07) is 11.3. The van der Waals surface area contributed by atoms with Crippen molar-refractivity contribution in [3.63, 3.8) is 0 Å². The smallest absolute Gasteiger partial charge is 0.251 e. The van der Waals surface area contributed by atoms with E-state index >= 15 is 0 Å². The molecule has 0 bridgehead atoms. The van der Waals surface area contributed by atoms with E-state index in [1.165, 1.54) is 23.2 Å². The SMILES string of the molecule is O=C(CSc1nnnn1-c1cccc(F)c1)Nc1ccc2c(c1)OC1(CCCCC1)O2. The van der Waals surface area contributed by atoms with E-state index in [0.29, 0.717) is 28.0 Å². The van der Waals surface area contributed by atoms with E-state index in [9.17, 15) is 9.18 Å². The van der Waals surface area contributed by atoms with Gasteiger partial charge >= 0.3 is 0 Å². The molecule has 0 saturated heterocycles. The van der Waals surface area contributed by atoms with Gasteiger partial charge in [-0.25, -0.2) is 4.39 Å². The highest BCUT2D eigenvalue weighted by Crippen LogP contribution is 2.46. The number of tetrazole rings is 1. The normalized spacial score (nSPS) is 16.4. The standard InChI is InChI=1S/C21H20FN5O3S/c22-14-5-4-6-16(11-14)27-20(24-25-26-27)31-13-19(28)23-15-7-8-17-18(12-15)30-21(29-17)9-2-1-3-10-21/h4-8,11-12H,1-3,9-10,13H2,(H,23,28). The molecule has 1 N–H and O–H groups in total. The van der Waals surface area contributed by atoms with E-state index in [1.807, 2.05) is 6.07 Å². The van der Waals surface area contributed by atoms with Gasteiger partial charge < -0.3 is 14.8 Å². The van der Waals surface area contributed by atoms with Gasteiger partial charge in [-0.3, -0.25) is 4.79 Å². The first-order chi connectivity index (χ1) is 15.1. The third-order valence-corrected chi connectivity index (χ3v) is 6.18. The van der Waals surface area contributed by atoms with E-state index in [1.54, 1.807) is 24.3 Å². The number of fused-ring (bicyclic) bond motifs is 1. The summed E-state index contributed by atoms with van der Waals surface area (Å²) in [6.07, 6.45) is 5.13. The van der Waals surface area contributed by atoms with Crippen molar-refractivity contribution in [2.45, 2.75) is 43.0 Å². The highest BCUT2D eigenvalue weighted by molar-refractivity contribution is 7.99. The molecular formula is C21H20FN5O3S. The van der Waals surface area contributed by atoms with Crippen molar-refractivity contribution < 1.29 is 18.7 Å². The van der Waals surface area contributed by atoms with Crippen LogP contribution in [0.15, 0.2) is 47.6 Å². The van der Waals surface area contributed by atoms with E-state index < -0.39 is 5.79 Å². The average molecular weight is 441 g/mol. The first-order valence-corrected chi connectivity index (χ1v) is 11.1. The summed E-state index contributed by atoms with van der Waals surface area (Å²) in [5.74, 6) is 0.302. The molecule has 0 atom stereocenters. The van der Waals surface area contributed by atoms with Crippen LogP contribution in [0, 0.1) is 5.82 Å². The van der Waals surface area contributed by atoms with E-state index in [-0.39, 0.29) is 17.5 Å². The van der Waals surface area contributed by atoms with Gasteiger partial charge in [-0.15, -0.1) is 5.10 Å². The number of ether oxygens (including phenoxy) is 2. The number of rotatable bonds is 5. The van der Waals surface area contributed by atoms with Gasteiger partial charge in [-0.2, -0.15) is 4.68 Å². The predicted molar refractivity (Wildman–Crippen MR) is 112 cm³/mol. The Bertz CT molecular complexity index is 1120. The summed E-state index contributed by atoms with van der Waals surface area (Å²) < 4.78 is 27.1. The number of benzene rings is 2. The molecule has 1 saturated carbocycles. The molecule has 2 aliphatic rings. The third-order valence-electron chi connectivity index (χ3n) is 5.26. The Hall–Kier alpha value is -3.14. The molecule has 1 spiro atoms. The third kappa shape index (κ3) is 4.20. The number of anilines is 1. The lowest BCUT2D eigenvalue weighted by Crippen LogP contribution is -2.40. The van der Waals surface area contributed by atoms with Gasteiger partial charge in [0.1, 0.15) is 5.82 Å². The summed E-state index contributed by atoms with van der Waals surface area (Å²) in [6.45, 7) is 0. The molecule has 1 aliphatic carbocycles. The second-order valence-corrected chi connectivity index (χ2v) is 8.47. The molecule has 10 heteroatoms. The minimum Gasteiger partial charge on any atom is -0.448 e. The Kier molecular flexibility index (Phi) is 5.23. The molecule has 2 heterocycles. The van der Waals surface area contributed by atoms with Crippen molar-refractivity contribution in [1.29, 1.82) is 0 Å². The zero-order valence-corrected chi connectivity index (χ0v) is 17.4. The maximum atomic E-state index is 13.5. The first kappa shape index (κ1) is 19.8. The predicted octanol–water partition coefficient (Wildman–Crippen LogP) is 3.96. The first-order valence-electron chi connectivity index (χ1n) is 10.1. The Morgan fingerprint density at radius 2 is 1.97 bits per heavy atom. The molecule has 160 valence electrons. The molecule has 2 aromatic carbocycles. The Morgan fingerprint density at radius 3 is 2.81 bits per heavy atom. The van der Waals surface area contributed by atoms with Crippen LogP contribution in [0.3, 0.4) is 0 Å². The van der Waals surface area contributed by atoms with Gasteiger partial charge in [-0.1, -0.05) is 24.2 Å². The summed E-state index contributed by atoms with van der Waals surface area (Å²) in [5, 5.41) is 14.7. The molecule has 5 rings (SSSR count). The van der Waals surface area contributed by atoms with Crippen molar-refractivity contribution in [1.82, 2.24) is 20.2 Å². The largest absolute Gasteiger partial charge is 0.448 e. The van der Waals surface area contributed by atoms with Gasteiger partial charge in [0.25, 0.3) is 5.79 Å². The van der Waals surface area contributed by atoms with Crippen LogP contribution in [-0.4, -0.2) is 37.7 Å². The number of hydrogen-bond acceptors (Lipinski definition) is 7. The average Bonchev–Trinajstić information content (AvgIpc) is 3.36. The van der Waals surface area contributed by atoms with Crippen molar-refractivity contribution in [3.8, 4) is 17.2 Å². The van der Waals surface area contributed by atoms with Crippen LogP contribution in [0.4, 0.5) is 10.1 Å². The van der Waals surface area contributed by atoms with E-state index in [2.05, 4.69) is 20.8 Å². The molecular weight excluding hydrogens is 421 g/mol. The molecule has 0 unspecified atom stereocenters. The fourth-order valence-electron chi connectivity index (χ4n) is 3.83. The number of halogens is 1. The van der Waals surface area contributed by atoms with Gasteiger partial charge in [0.2, 0.25) is 11.1 Å². The topological polar surface area (TPSA) is 91.2 Å². The van der Waals surface area contributed by atoms with Crippen LogP contribution in [0.2, 0.25) is 0 Å². The summed E-state index contributed by atoms with van der Waals surface area (Å²) >= 11 is 1.16. The lowest BCUT2D eigenvalue weighted by atomic mass is 9.94. The van der Waals surface area contributed by atoms with Crippen molar-refractivity contribution in [3.05, 3.63) is 48.3 Å². The Labute approximate surface area is 182 Å². The molecule has 1 aliphatic heterocycles. The van der Waals surface area contributed by atoms with Gasteiger partial charge in [-0.05, 0) is 53.6 Å². The second-order valence-electron chi connectivity index (χ2n) is 7.53. The summed E-state index contributed by atoms with van der Waals surface area (Å²) in [7, 11) is 0. The van der Waals surface area contributed by atoms with Crippen LogP contribution in [-0.2, 0) is 4.79 Å². The highest BCUT2D eigenvalue weighted by Gasteiger charge is 2.42. The van der Waals surface area contributed by atoms with Crippen LogP contribution < -0.4 is 14.8 Å². The van der Waals surface area contributed by atoms with Gasteiger partial charge in [0.15, 0.2) is 11.5 Å². The fraction of sp³-hybridized carbons (Fsp3) is 0.333. The Morgan fingerprint density at radius 1 is 1.13 bits per heavy atom. The number of nitrogens with zero attached hydrogens (tertiary/aromatic N) is 4. The van der Waals surface area contributed by atoms with Crippen LogP contribution in [0.25, 0.3) is 5.69 Å². The number of hydrogen-bond donors (Lipinski definition) is 1. The molecule has 3 aromatic rings. The summed E-state index contributed by atoms with van der Waals surface area (Å²) in [4.78, 5) is 12.5. The van der Waals surface area contributed by atoms with E-state index in [0.717, 1.165) is 37.4 Å². The summed E-state index contributed by atoms with van der Waals surface area (Å²) in [5.41, 5.74) is 1.12. The number of carbonyl (C=O) groups excluding carboxylic acids is 1. The van der Waals surface area contributed by atoms with Crippen LogP contribution in [0.5, 0.6) is 11.5 Å². The molecule has 8 nitrogen and oxygen atoms in total. The fourth-order valence-corrected chi connectivity index (χ4v) is 4.52. The zero-order valence-electron chi connectivity index (χ0n) is 16.6. The molecule has 31 heavy (non-hydrogen) atoms. The monoisotopic (exact) mass is 441 g/mol. The lowest BCUT2D eigenvalue weighted by molar-refractivity contribution is -0.113. The minimum atomic E-state index is -0.549. The van der Waals surface area contributed by atoms with Crippen LogP contribution in [0.1, 0.15) is 32.1 Å². The lowest BCUT2D eigenvalue weighted by Gasteiger charge is -2.31.